The minimum Gasteiger partial charge on any atom is -0.300 e. The second kappa shape index (κ2) is 4.46. The summed E-state index contributed by atoms with van der Waals surface area (Å²) in [6.45, 7) is 8.80. The van der Waals surface area contributed by atoms with Crippen molar-refractivity contribution in [3.05, 3.63) is 0 Å². The zero-order valence-electron chi connectivity index (χ0n) is 10.1. The highest BCUT2D eigenvalue weighted by molar-refractivity contribution is 5.75. The molecule has 0 heterocycles. The van der Waals surface area contributed by atoms with Crippen LogP contribution in [0.5, 0.6) is 0 Å². The molecule has 0 radical (unpaired) electrons. The summed E-state index contributed by atoms with van der Waals surface area (Å²) in [5.74, 6) is 1.90. The van der Waals surface area contributed by atoms with E-state index < -0.39 is 0 Å². The smallest absolute Gasteiger partial charge is 0.129 e. The minimum absolute atomic E-state index is 0.346. The Balaban J connectivity index is 2.56. The standard InChI is InChI=1S/C13H24O/c1-10-6-5-9-13(3,4)12(10)8-7-11(2)14/h10,12H,5-9H2,1-4H3/t10-,12-/m0/s1. The molecule has 1 aliphatic carbocycles. The number of carbonyl (C=O) groups excluding carboxylic acids is 1. The van der Waals surface area contributed by atoms with Gasteiger partial charge in [0.05, 0.1) is 0 Å². The molecule has 0 unspecified atom stereocenters. The summed E-state index contributed by atoms with van der Waals surface area (Å²) in [6, 6.07) is 0. The van der Waals surface area contributed by atoms with Crippen LogP contribution in [0.4, 0.5) is 0 Å². The number of carbonyl (C=O) groups is 1. The van der Waals surface area contributed by atoms with Crippen LogP contribution < -0.4 is 0 Å². The fourth-order valence-corrected chi connectivity index (χ4v) is 3.07. The van der Waals surface area contributed by atoms with Gasteiger partial charge < -0.3 is 4.79 Å². The summed E-state index contributed by atoms with van der Waals surface area (Å²) >= 11 is 0. The summed E-state index contributed by atoms with van der Waals surface area (Å²) in [7, 11) is 0. The molecule has 1 saturated carbocycles. The van der Waals surface area contributed by atoms with E-state index in [4.69, 9.17) is 0 Å². The Morgan fingerprint density at radius 1 is 1.43 bits per heavy atom. The molecule has 1 fully saturated rings. The third kappa shape index (κ3) is 2.83. The normalized spacial score (nSPS) is 31.4. The van der Waals surface area contributed by atoms with Gasteiger partial charge in [0.1, 0.15) is 5.78 Å². The molecule has 0 bridgehead atoms. The molecule has 2 atom stereocenters. The lowest BCUT2D eigenvalue weighted by Crippen LogP contribution is -2.33. The summed E-state index contributed by atoms with van der Waals surface area (Å²) in [5.41, 5.74) is 0.452. The van der Waals surface area contributed by atoms with Gasteiger partial charge in [-0.2, -0.15) is 0 Å². The van der Waals surface area contributed by atoms with E-state index in [0.717, 1.165) is 24.7 Å². The number of hydrogen-bond acceptors (Lipinski definition) is 1. The molecule has 0 aromatic rings. The second-order valence-corrected chi connectivity index (χ2v) is 5.71. The second-order valence-electron chi connectivity index (χ2n) is 5.71. The van der Waals surface area contributed by atoms with Gasteiger partial charge in [-0.15, -0.1) is 0 Å². The lowest BCUT2D eigenvalue weighted by atomic mass is 9.62. The number of hydrogen-bond donors (Lipinski definition) is 0. The monoisotopic (exact) mass is 196 g/mol. The van der Waals surface area contributed by atoms with Gasteiger partial charge in [0.15, 0.2) is 0 Å². The molecule has 1 rings (SSSR count). The average molecular weight is 196 g/mol. The van der Waals surface area contributed by atoms with E-state index in [9.17, 15) is 4.79 Å². The first-order chi connectivity index (χ1) is 6.43. The molecule has 82 valence electrons. The van der Waals surface area contributed by atoms with Crippen LogP contribution in [0.25, 0.3) is 0 Å². The zero-order chi connectivity index (χ0) is 10.8. The van der Waals surface area contributed by atoms with Gasteiger partial charge >= 0.3 is 0 Å². The molecule has 0 aromatic heterocycles. The molecule has 0 N–H and O–H groups in total. The van der Waals surface area contributed by atoms with Gasteiger partial charge in [-0.3, -0.25) is 0 Å². The van der Waals surface area contributed by atoms with Crippen LogP contribution in [0.1, 0.15) is 59.8 Å². The molecule has 0 amide bonds. The van der Waals surface area contributed by atoms with Crippen LogP contribution >= 0.6 is 0 Å². The van der Waals surface area contributed by atoms with E-state index in [1.54, 1.807) is 6.92 Å². The number of rotatable bonds is 3. The third-order valence-corrected chi connectivity index (χ3v) is 3.98. The minimum atomic E-state index is 0.346. The maximum atomic E-state index is 11.0. The SMILES string of the molecule is CC(=O)CC[C@H]1[C@@H](C)CCCC1(C)C. The van der Waals surface area contributed by atoms with Gasteiger partial charge in [0, 0.05) is 6.42 Å². The molecule has 1 heteroatoms. The molecule has 14 heavy (non-hydrogen) atoms. The lowest BCUT2D eigenvalue weighted by molar-refractivity contribution is -0.117. The van der Waals surface area contributed by atoms with Crippen LogP contribution in [0, 0.1) is 17.3 Å². The maximum Gasteiger partial charge on any atom is 0.129 e. The average Bonchev–Trinajstić information content (AvgIpc) is 2.01. The van der Waals surface area contributed by atoms with E-state index >= 15 is 0 Å². The lowest BCUT2D eigenvalue weighted by Gasteiger charge is -2.43. The van der Waals surface area contributed by atoms with E-state index in [2.05, 4.69) is 20.8 Å². The Morgan fingerprint density at radius 3 is 2.57 bits per heavy atom. The van der Waals surface area contributed by atoms with E-state index in [1.807, 2.05) is 0 Å². The fourth-order valence-electron chi connectivity index (χ4n) is 3.07. The van der Waals surface area contributed by atoms with Crippen molar-refractivity contribution in [1.29, 1.82) is 0 Å². The van der Waals surface area contributed by atoms with Crippen molar-refractivity contribution in [2.45, 2.75) is 59.8 Å². The summed E-state index contributed by atoms with van der Waals surface area (Å²) < 4.78 is 0. The Morgan fingerprint density at radius 2 is 2.07 bits per heavy atom. The molecule has 0 aromatic carbocycles. The van der Waals surface area contributed by atoms with Crippen LogP contribution in [-0.2, 0) is 4.79 Å². The predicted octanol–water partition coefficient (Wildman–Crippen LogP) is 3.82. The molecular weight excluding hydrogens is 172 g/mol. The highest BCUT2D eigenvalue weighted by Crippen LogP contribution is 2.45. The first-order valence-electron chi connectivity index (χ1n) is 5.93. The molecule has 0 spiro atoms. The summed E-state index contributed by atoms with van der Waals surface area (Å²) in [4.78, 5) is 11.0. The van der Waals surface area contributed by atoms with Crippen molar-refractivity contribution in [3.63, 3.8) is 0 Å². The Hall–Kier alpha value is -0.330. The molecule has 0 saturated heterocycles. The highest BCUT2D eigenvalue weighted by atomic mass is 16.1. The summed E-state index contributed by atoms with van der Waals surface area (Å²) in [5, 5.41) is 0. The first-order valence-corrected chi connectivity index (χ1v) is 5.93. The van der Waals surface area contributed by atoms with Crippen molar-refractivity contribution in [2.75, 3.05) is 0 Å². The summed E-state index contributed by atoms with van der Waals surface area (Å²) in [6.07, 6.45) is 5.93. The molecule has 1 aliphatic rings. The van der Waals surface area contributed by atoms with Crippen molar-refractivity contribution in [2.24, 2.45) is 17.3 Å². The molecule has 0 aliphatic heterocycles. The Labute approximate surface area is 88.3 Å². The molecular formula is C13H24O. The topological polar surface area (TPSA) is 17.1 Å². The maximum absolute atomic E-state index is 11.0. The van der Waals surface area contributed by atoms with E-state index in [1.165, 1.54) is 19.3 Å². The zero-order valence-corrected chi connectivity index (χ0v) is 10.1. The van der Waals surface area contributed by atoms with Crippen LogP contribution in [0.3, 0.4) is 0 Å². The predicted molar refractivity (Wildman–Crippen MR) is 60.2 cm³/mol. The third-order valence-electron chi connectivity index (χ3n) is 3.98. The largest absolute Gasteiger partial charge is 0.300 e. The van der Waals surface area contributed by atoms with E-state index in [0.29, 0.717) is 11.2 Å². The molecule has 1 nitrogen and oxygen atoms in total. The Bertz CT molecular complexity index is 205. The van der Waals surface area contributed by atoms with Crippen LogP contribution in [0.2, 0.25) is 0 Å². The number of ketones is 1. The highest BCUT2D eigenvalue weighted by Gasteiger charge is 2.36. The van der Waals surface area contributed by atoms with Gasteiger partial charge in [0.25, 0.3) is 0 Å². The quantitative estimate of drug-likeness (QED) is 0.670. The number of Topliss-reactive ketones (excluding diaryl/α,β-unsaturated/α-hetero) is 1. The van der Waals surface area contributed by atoms with Gasteiger partial charge in [-0.05, 0) is 37.0 Å². The van der Waals surface area contributed by atoms with Crippen LogP contribution in [-0.4, -0.2) is 5.78 Å². The first kappa shape index (κ1) is 11.7. The van der Waals surface area contributed by atoms with Gasteiger partial charge in [-0.1, -0.05) is 33.6 Å². The van der Waals surface area contributed by atoms with Crippen molar-refractivity contribution < 1.29 is 4.79 Å². The Kier molecular flexibility index (Phi) is 3.74. The van der Waals surface area contributed by atoms with Crippen molar-refractivity contribution in [3.8, 4) is 0 Å². The van der Waals surface area contributed by atoms with Gasteiger partial charge in [0.2, 0.25) is 0 Å². The van der Waals surface area contributed by atoms with Crippen molar-refractivity contribution in [1.82, 2.24) is 0 Å². The van der Waals surface area contributed by atoms with E-state index in [-0.39, 0.29) is 0 Å². The fraction of sp³-hybridized carbons (Fsp3) is 0.923. The van der Waals surface area contributed by atoms with Crippen molar-refractivity contribution >= 4 is 5.78 Å². The van der Waals surface area contributed by atoms with Crippen LogP contribution in [0.15, 0.2) is 0 Å². The van der Waals surface area contributed by atoms with Gasteiger partial charge in [-0.25, -0.2) is 0 Å².